The fourth-order valence-corrected chi connectivity index (χ4v) is 7.54. The van der Waals surface area contributed by atoms with Crippen molar-refractivity contribution < 1.29 is 9.16 Å². The Morgan fingerprint density at radius 2 is 1.92 bits per heavy atom. The first-order chi connectivity index (χ1) is 16.8. The molecule has 2 aliphatic heterocycles. The molecule has 0 spiro atoms. The number of ether oxygens (including phenoxy) is 1. The number of piperidine rings is 1. The fraction of sp³-hybridized carbons (Fsp3) is 0.688. The van der Waals surface area contributed by atoms with E-state index in [0.29, 0.717) is 18.6 Å². The van der Waals surface area contributed by atoms with Gasteiger partial charge in [0, 0.05) is 12.6 Å². The van der Waals surface area contributed by atoms with E-state index in [1.54, 1.807) is 5.57 Å². The largest absolute Gasteiger partial charge is 0.410 e. The highest BCUT2D eigenvalue weighted by Crippen LogP contribution is 2.46. The fourth-order valence-electron chi connectivity index (χ4n) is 5.86. The molecule has 0 radical (unpaired) electrons. The highest BCUT2D eigenvalue weighted by molar-refractivity contribution is 6.74. The average molecular weight is 512 g/mol. The number of benzene rings is 1. The van der Waals surface area contributed by atoms with Crippen LogP contribution in [0.4, 0.5) is 0 Å². The lowest BCUT2D eigenvalue weighted by atomic mass is 9.82. The molecule has 4 heteroatoms. The highest BCUT2D eigenvalue weighted by Gasteiger charge is 2.50. The van der Waals surface area contributed by atoms with Gasteiger partial charge < -0.3 is 9.16 Å². The van der Waals surface area contributed by atoms with Gasteiger partial charge in [0.05, 0.1) is 18.3 Å². The Hall–Kier alpha value is -1.20. The summed E-state index contributed by atoms with van der Waals surface area (Å²) in [6.45, 7) is 24.1. The standard InChI is InChI=1S/C32H53NO2Si/c1-10-29(34-24-27-15-12-11-13-16-27)26(3)19-18-25(2)21-28-22-32(7,30-17-14-20-33(30)23-28)35-36(8,9)31(4,5)6/h11-13,15-16,19,21,25,29-30H,10,14,17-18,20,22-24H2,1-9H3/b26-19+,28-21-/t25-,29+,30+,32+/m1/s1. The third kappa shape index (κ3) is 7.43. The number of nitrogens with zero attached hydrogens (tertiary/aromatic N) is 1. The smallest absolute Gasteiger partial charge is 0.192 e. The molecule has 2 fully saturated rings. The Kier molecular flexibility index (Phi) is 9.87. The van der Waals surface area contributed by atoms with E-state index in [0.717, 1.165) is 25.8 Å². The molecule has 1 aromatic rings. The summed E-state index contributed by atoms with van der Waals surface area (Å²) in [6.07, 6.45) is 10.9. The van der Waals surface area contributed by atoms with Crippen molar-refractivity contribution in [3.63, 3.8) is 0 Å². The van der Waals surface area contributed by atoms with E-state index in [4.69, 9.17) is 9.16 Å². The van der Waals surface area contributed by atoms with Gasteiger partial charge in [-0.15, -0.1) is 0 Å². The van der Waals surface area contributed by atoms with Crippen LogP contribution in [0.15, 0.2) is 53.6 Å². The summed E-state index contributed by atoms with van der Waals surface area (Å²) in [5.74, 6) is 0.512. The zero-order chi connectivity index (χ0) is 26.6. The normalized spacial score (nSPS) is 26.8. The number of rotatable bonds is 10. The maximum Gasteiger partial charge on any atom is 0.192 e. The molecule has 0 N–H and O–H groups in total. The van der Waals surface area contributed by atoms with E-state index in [1.807, 2.05) is 0 Å². The summed E-state index contributed by atoms with van der Waals surface area (Å²) in [4.78, 5) is 2.71. The molecule has 2 saturated heterocycles. The second kappa shape index (κ2) is 12.1. The van der Waals surface area contributed by atoms with Gasteiger partial charge in [-0.3, -0.25) is 4.90 Å². The summed E-state index contributed by atoms with van der Waals surface area (Å²) >= 11 is 0. The molecule has 0 aliphatic carbocycles. The number of hydrogen-bond donors (Lipinski definition) is 0. The quantitative estimate of drug-likeness (QED) is 0.232. The molecule has 0 aromatic heterocycles. The van der Waals surface area contributed by atoms with Crippen LogP contribution in [0.2, 0.25) is 18.1 Å². The molecule has 0 bridgehead atoms. The van der Waals surface area contributed by atoms with Gasteiger partial charge >= 0.3 is 0 Å². The average Bonchev–Trinajstić information content (AvgIpc) is 3.27. The first kappa shape index (κ1) is 29.4. The SMILES string of the molecule is CC[C@H](OCc1ccccc1)/C(C)=C/C[C@@H](C)/C=C1\CN2CCC[C@H]2[C@@](C)(O[Si](C)(C)C(C)(C)C)C1. The molecule has 4 atom stereocenters. The lowest BCUT2D eigenvalue weighted by molar-refractivity contribution is -0.0220. The molecule has 0 unspecified atom stereocenters. The van der Waals surface area contributed by atoms with E-state index in [1.165, 1.54) is 30.5 Å². The van der Waals surface area contributed by atoms with Crippen molar-refractivity contribution in [1.29, 1.82) is 0 Å². The second-order valence-corrected chi connectivity index (χ2v) is 17.9. The van der Waals surface area contributed by atoms with E-state index in [9.17, 15) is 0 Å². The molecule has 0 saturated carbocycles. The molecule has 3 nitrogen and oxygen atoms in total. The van der Waals surface area contributed by atoms with E-state index >= 15 is 0 Å². The third-order valence-electron chi connectivity index (χ3n) is 8.85. The minimum absolute atomic E-state index is 0.0757. The second-order valence-electron chi connectivity index (χ2n) is 13.2. The molecule has 202 valence electrons. The van der Waals surface area contributed by atoms with Crippen LogP contribution < -0.4 is 0 Å². The van der Waals surface area contributed by atoms with Gasteiger partial charge in [-0.25, -0.2) is 0 Å². The van der Waals surface area contributed by atoms with E-state index in [2.05, 4.69) is 109 Å². The van der Waals surface area contributed by atoms with Gasteiger partial charge in [0.1, 0.15) is 0 Å². The molecular weight excluding hydrogens is 458 g/mol. The number of fused-ring (bicyclic) bond motifs is 1. The zero-order valence-electron chi connectivity index (χ0n) is 24.7. The Morgan fingerprint density at radius 3 is 2.56 bits per heavy atom. The van der Waals surface area contributed by atoms with Crippen molar-refractivity contribution in [1.82, 2.24) is 4.90 Å². The summed E-state index contributed by atoms with van der Waals surface area (Å²) in [5.41, 5.74) is 4.09. The van der Waals surface area contributed by atoms with Crippen molar-refractivity contribution in [3.8, 4) is 0 Å². The molecular formula is C32H53NO2Si. The van der Waals surface area contributed by atoms with Crippen molar-refractivity contribution in [2.24, 2.45) is 5.92 Å². The maximum absolute atomic E-state index is 7.19. The molecule has 2 heterocycles. The van der Waals surface area contributed by atoms with Gasteiger partial charge in [0.2, 0.25) is 0 Å². The first-order valence-electron chi connectivity index (χ1n) is 14.3. The topological polar surface area (TPSA) is 21.7 Å². The van der Waals surface area contributed by atoms with Gasteiger partial charge in [0.25, 0.3) is 0 Å². The van der Waals surface area contributed by atoms with Crippen LogP contribution in [0.5, 0.6) is 0 Å². The van der Waals surface area contributed by atoms with Crippen LogP contribution in [0.25, 0.3) is 0 Å². The predicted octanol–water partition coefficient (Wildman–Crippen LogP) is 8.53. The van der Waals surface area contributed by atoms with Crippen LogP contribution in [0.1, 0.15) is 86.1 Å². The summed E-state index contributed by atoms with van der Waals surface area (Å²) < 4.78 is 13.5. The highest BCUT2D eigenvalue weighted by atomic mass is 28.4. The van der Waals surface area contributed by atoms with Gasteiger partial charge in [-0.2, -0.15) is 0 Å². The van der Waals surface area contributed by atoms with Crippen LogP contribution >= 0.6 is 0 Å². The third-order valence-corrected chi connectivity index (χ3v) is 13.4. The number of hydrogen-bond acceptors (Lipinski definition) is 3. The van der Waals surface area contributed by atoms with Crippen LogP contribution in [-0.4, -0.2) is 44.1 Å². The lowest BCUT2D eigenvalue weighted by Crippen LogP contribution is -2.59. The molecule has 2 aliphatic rings. The predicted molar refractivity (Wildman–Crippen MR) is 157 cm³/mol. The Balaban J connectivity index is 1.65. The monoisotopic (exact) mass is 511 g/mol. The first-order valence-corrected chi connectivity index (χ1v) is 17.2. The Bertz CT molecular complexity index is 900. The minimum atomic E-state index is -1.85. The summed E-state index contributed by atoms with van der Waals surface area (Å²) in [7, 11) is -1.85. The summed E-state index contributed by atoms with van der Waals surface area (Å²) in [6, 6.07) is 11.0. The Morgan fingerprint density at radius 1 is 1.22 bits per heavy atom. The van der Waals surface area contributed by atoms with Crippen LogP contribution in [0.3, 0.4) is 0 Å². The van der Waals surface area contributed by atoms with Gasteiger partial charge in [0.15, 0.2) is 8.32 Å². The number of allylic oxidation sites excluding steroid dienone is 2. The van der Waals surface area contributed by atoms with Crippen molar-refractivity contribution in [2.45, 2.75) is 123 Å². The van der Waals surface area contributed by atoms with E-state index in [-0.39, 0.29) is 16.7 Å². The van der Waals surface area contributed by atoms with Crippen LogP contribution in [0, 0.1) is 5.92 Å². The molecule has 1 aromatic carbocycles. The lowest BCUT2D eigenvalue weighted by Gasteiger charge is -2.52. The minimum Gasteiger partial charge on any atom is -0.410 e. The molecule has 36 heavy (non-hydrogen) atoms. The van der Waals surface area contributed by atoms with Crippen molar-refractivity contribution in [2.75, 3.05) is 13.1 Å². The maximum atomic E-state index is 7.19. The molecule has 3 rings (SSSR count). The van der Waals surface area contributed by atoms with E-state index < -0.39 is 8.32 Å². The van der Waals surface area contributed by atoms with Crippen LogP contribution in [-0.2, 0) is 15.8 Å². The van der Waals surface area contributed by atoms with Crippen molar-refractivity contribution >= 4 is 8.32 Å². The van der Waals surface area contributed by atoms with Gasteiger partial charge in [-0.05, 0) is 87.7 Å². The molecule has 0 amide bonds. The van der Waals surface area contributed by atoms with Crippen molar-refractivity contribution in [3.05, 3.63) is 59.2 Å². The summed E-state index contributed by atoms with van der Waals surface area (Å²) in [5, 5.41) is 0.231. The Labute approximate surface area is 223 Å². The zero-order valence-corrected chi connectivity index (χ0v) is 25.7. The van der Waals surface area contributed by atoms with Gasteiger partial charge in [-0.1, -0.05) is 82.7 Å².